The van der Waals surface area contributed by atoms with Crippen molar-refractivity contribution in [3.8, 4) is 0 Å². The van der Waals surface area contributed by atoms with E-state index in [1.54, 1.807) is 12.2 Å². The van der Waals surface area contributed by atoms with Gasteiger partial charge in [0.15, 0.2) is 5.60 Å². The highest BCUT2D eigenvalue weighted by Gasteiger charge is 2.55. The molecule has 1 N–H and O–H groups in total. The molecule has 0 aromatic carbocycles. The van der Waals surface area contributed by atoms with Gasteiger partial charge < -0.3 is 14.7 Å². The Kier molecular flexibility index (Phi) is 6.09. The van der Waals surface area contributed by atoms with Gasteiger partial charge in [-0.2, -0.15) is 0 Å². The molecule has 0 aromatic heterocycles. The van der Waals surface area contributed by atoms with Gasteiger partial charge in [-0.05, 0) is 38.0 Å². The van der Waals surface area contributed by atoms with E-state index in [4.69, 9.17) is 4.74 Å². The summed E-state index contributed by atoms with van der Waals surface area (Å²) in [5, 5.41) is 11.1. The number of carbonyl (C=O) groups excluding carboxylic acids is 1. The molecule has 158 valence electrons. The first-order chi connectivity index (χ1) is 14.1. The van der Waals surface area contributed by atoms with Crippen LogP contribution in [0.5, 0.6) is 0 Å². The van der Waals surface area contributed by atoms with Crippen molar-refractivity contribution in [1.82, 2.24) is 9.80 Å². The lowest BCUT2D eigenvalue weighted by Gasteiger charge is -2.36. The largest absolute Gasteiger partial charge is 0.378 e. The molecule has 3 fully saturated rings. The zero-order valence-electron chi connectivity index (χ0n) is 17.4. The lowest BCUT2D eigenvalue weighted by atomic mass is 9.83. The Bertz CT molecular complexity index is 718. The highest BCUT2D eigenvalue weighted by Crippen LogP contribution is 2.47. The summed E-state index contributed by atoms with van der Waals surface area (Å²) in [5.41, 5.74) is 0.851. The number of hydrogen-bond acceptors (Lipinski definition) is 4. The van der Waals surface area contributed by atoms with Crippen molar-refractivity contribution in [1.29, 1.82) is 0 Å². The van der Waals surface area contributed by atoms with Crippen LogP contribution in [0.25, 0.3) is 0 Å². The minimum Gasteiger partial charge on any atom is -0.378 e. The van der Waals surface area contributed by atoms with Crippen LogP contribution < -0.4 is 0 Å². The zero-order valence-corrected chi connectivity index (χ0v) is 17.4. The van der Waals surface area contributed by atoms with Crippen molar-refractivity contribution in [2.75, 3.05) is 26.2 Å². The Labute approximate surface area is 174 Å². The molecular formula is C24H34N2O3. The average Bonchev–Trinajstić information content (AvgIpc) is 3.55. The molecule has 2 saturated heterocycles. The number of piperidine rings is 1. The molecule has 3 atom stereocenters. The molecule has 0 radical (unpaired) electrons. The predicted octanol–water partition coefficient (Wildman–Crippen LogP) is 3.39. The van der Waals surface area contributed by atoms with E-state index in [9.17, 15) is 9.90 Å². The Balaban J connectivity index is 1.66. The smallest absolute Gasteiger partial charge is 0.264 e. The standard InChI is InChI=1S/C24H34N2O3/c1-3-12-24(29-15-4-2)20-16-19(22(27)25-13-6-5-7-14-25)10-11-21(20)26(23(24)28)17-18-8-9-18/h3-4,11,16,18-19,22,27H,1-2,5-10,12-15,17H2. The van der Waals surface area contributed by atoms with Crippen LogP contribution >= 0.6 is 0 Å². The van der Waals surface area contributed by atoms with Crippen molar-refractivity contribution < 1.29 is 14.6 Å². The third kappa shape index (κ3) is 3.88. The fourth-order valence-corrected chi connectivity index (χ4v) is 4.97. The first kappa shape index (κ1) is 20.6. The van der Waals surface area contributed by atoms with E-state index in [-0.39, 0.29) is 11.8 Å². The van der Waals surface area contributed by atoms with Crippen molar-refractivity contribution in [2.45, 2.75) is 56.8 Å². The molecular weight excluding hydrogens is 364 g/mol. The summed E-state index contributed by atoms with van der Waals surface area (Å²) in [7, 11) is 0. The first-order valence-corrected chi connectivity index (χ1v) is 11.1. The van der Waals surface area contributed by atoms with E-state index >= 15 is 0 Å². The number of rotatable bonds is 9. The van der Waals surface area contributed by atoms with Gasteiger partial charge in [-0.3, -0.25) is 9.69 Å². The molecule has 2 aliphatic heterocycles. The summed E-state index contributed by atoms with van der Waals surface area (Å²) in [6.45, 7) is 10.6. The van der Waals surface area contributed by atoms with Crippen LogP contribution in [0.3, 0.4) is 0 Å². The molecule has 1 amide bonds. The lowest BCUT2D eigenvalue weighted by Crippen LogP contribution is -2.45. The third-order valence-electron chi connectivity index (χ3n) is 6.72. The Morgan fingerprint density at radius 3 is 2.66 bits per heavy atom. The minimum absolute atomic E-state index is 0.0109. The highest BCUT2D eigenvalue weighted by molar-refractivity contribution is 5.97. The zero-order chi connectivity index (χ0) is 20.4. The lowest BCUT2D eigenvalue weighted by molar-refractivity contribution is -0.145. The Morgan fingerprint density at radius 1 is 1.24 bits per heavy atom. The van der Waals surface area contributed by atoms with Crippen molar-refractivity contribution in [3.63, 3.8) is 0 Å². The van der Waals surface area contributed by atoms with Crippen LogP contribution in [-0.4, -0.2) is 58.9 Å². The maximum Gasteiger partial charge on any atom is 0.264 e. The number of nitrogens with zero attached hydrogens (tertiary/aromatic N) is 2. The predicted molar refractivity (Wildman–Crippen MR) is 114 cm³/mol. The molecule has 0 bridgehead atoms. The van der Waals surface area contributed by atoms with Crippen LogP contribution in [0.15, 0.2) is 48.7 Å². The number of amides is 1. The molecule has 1 saturated carbocycles. The van der Waals surface area contributed by atoms with Gasteiger partial charge in [0.1, 0.15) is 6.23 Å². The normalized spacial score (nSPS) is 31.1. The number of carbonyl (C=O) groups is 1. The molecule has 4 rings (SSSR count). The number of allylic oxidation sites excluding steroid dienone is 1. The molecule has 0 aromatic rings. The Hall–Kier alpha value is -1.69. The monoisotopic (exact) mass is 398 g/mol. The van der Waals surface area contributed by atoms with Crippen LogP contribution in [0.1, 0.15) is 44.9 Å². The minimum atomic E-state index is -1.04. The fraction of sp³-hybridized carbons (Fsp3) is 0.625. The summed E-state index contributed by atoms with van der Waals surface area (Å²) in [4.78, 5) is 17.7. The third-order valence-corrected chi connectivity index (χ3v) is 6.72. The van der Waals surface area contributed by atoms with Gasteiger partial charge in [0, 0.05) is 43.2 Å². The topological polar surface area (TPSA) is 53.0 Å². The van der Waals surface area contributed by atoms with E-state index in [0.717, 1.165) is 50.2 Å². The second-order valence-electron chi connectivity index (χ2n) is 8.86. The summed E-state index contributed by atoms with van der Waals surface area (Å²) in [6, 6.07) is 0. The summed E-state index contributed by atoms with van der Waals surface area (Å²) in [6.07, 6.45) is 14.3. The van der Waals surface area contributed by atoms with Crippen LogP contribution in [0.2, 0.25) is 0 Å². The second-order valence-corrected chi connectivity index (χ2v) is 8.86. The van der Waals surface area contributed by atoms with Gasteiger partial charge in [0.25, 0.3) is 5.91 Å². The summed E-state index contributed by atoms with van der Waals surface area (Å²) >= 11 is 0. The molecule has 5 heteroatoms. The molecule has 2 heterocycles. The quantitative estimate of drug-likeness (QED) is 0.605. The van der Waals surface area contributed by atoms with Crippen LogP contribution in [-0.2, 0) is 9.53 Å². The summed E-state index contributed by atoms with van der Waals surface area (Å²) in [5.74, 6) is 0.575. The molecule has 5 nitrogen and oxygen atoms in total. The van der Waals surface area contributed by atoms with E-state index in [2.05, 4.69) is 30.2 Å². The highest BCUT2D eigenvalue weighted by atomic mass is 16.5. The van der Waals surface area contributed by atoms with Crippen LogP contribution in [0, 0.1) is 11.8 Å². The number of hydrogen-bond donors (Lipinski definition) is 1. The molecule has 2 aliphatic carbocycles. The number of aliphatic hydroxyl groups is 1. The second kappa shape index (κ2) is 8.58. The van der Waals surface area contributed by atoms with E-state index < -0.39 is 11.8 Å². The van der Waals surface area contributed by atoms with Gasteiger partial charge in [0.05, 0.1) is 6.61 Å². The van der Waals surface area contributed by atoms with Gasteiger partial charge in [-0.1, -0.05) is 30.7 Å². The van der Waals surface area contributed by atoms with E-state index in [1.165, 1.54) is 19.3 Å². The number of ether oxygens (including phenoxy) is 1. The Morgan fingerprint density at radius 2 is 2.00 bits per heavy atom. The summed E-state index contributed by atoms with van der Waals surface area (Å²) < 4.78 is 6.18. The maximum atomic E-state index is 13.6. The molecule has 29 heavy (non-hydrogen) atoms. The molecule has 3 unspecified atom stereocenters. The first-order valence-electron chi connectivity index (χ1n) is 11.1. The van der Waals surface area contributed by atoms with Gasteiger partial charge in [-0.25, -0.2) is 0 Å². The van der Waals surface area contributed by atoms with Crippen molar-refractivity contribution in [2.24, 2.45) is 11.8 Å². The number of aliphatic hydroxyl groups excluding tert-OH is 1. The van der Waals surface area contributed by atoms with Crippen molar-refractivity contribution in [3.05, 3.63) is 48.7 Å². The van der Waals surface area contributed by atoms with Gasteiger partial charge in [0.2, 0.25) is 0 Å². The number of likely N-dealkylation sites (tertiary alicyclic amines) is 2. The van der Waals surface area contributed by atoms with Gasteiger partial charge in [-0.15, -0.1) is 13.2 Å². The maximum absolute atomic E-state index is 13.6. The van der Waals surface area contributed by atoms with Gasteiger partial charge >= 0.3 is 0 Å². The fourth-order valence-electron chi connectivity index (χ4n) is 4.97. The van der Waals surface area contributed by atoms with E-state index in [1.807, 2.05) is 4.90 Å². The molecule has 0 spiro atoms. The number of fused-ring (bicyclic) bond motifs is 1. The average molecular weight is 399 g/mol. The SMILES string of the molecule is C=CCOC1(CC=C)C(=O)N(CC2CC2)C2=CCC(C(O)N3CCCCC3)C=C21. The van der Waals surface area contributed by atoms with Crippen molar-refractivity contribution >= 4 is 5.91 Å². The van der Waals surface area contributed by atoms with Crippen LogP contribution in [0.4, 0.5) is 0 Å². The van der Waals surface area contributed by atoms with E-state index in [0.29, 0.717) is 18.9 Å². The molecule has 4 aliphatic rings.